The van der Waals surface area contributed by atoms with Crippen LogP contribution in [0.5, 0.6) is 0 Å². The second-order valence-corrected chi connectivity index (χ2v) is 5.54. The van der Waals surface area contributed by atoms with Crippen LogP contribution in [0.25, 0.3) is 10.8 Å². The molecule has 1 atom stereocenters. The number of rotatable bonds is 5. The number of amides is 1. The number of hydrogen-bond acceptors (Lipinski definition) is 4. The molecule has 2 aromatic carbocycles. The molecule has 1 aromatic heterocycles. The van der Waals surface area contributed by atoms with E-state index < -0.39 is 17.6 Å². The first kappa shape index (κ1) is 16.3. The molecule has 0 spiro atoms. The minimum atomic E-state index is -1.41. The first-order valence-electron chi connectivity index (χ1n) is 7.79. The van der Waals surface area contributed by atoms with Crippen LogP contribution in [0.4, 0.5) is 0 Å². The van der Waals surface area contributed by atoms with Crippen molar-refractivity contribution in [1.82, 2.24) is 10.3 Å². The lowest BCUT2D eigenvalue weighted by molar-refractivity contribution is -0.122. The zero-order valence-electron chi connectivity index (χ0n) is 13.3. The second kappa shape index (κ2) is 7.37. The maximum absolute atomic E-state index is 12.7. The highest BCUT2D eigenvalue weighted by molar-refractivity contribution is 6.17. The zero-order chi connectivity index (χ0) is 17.6. The van der Waals surface area contributed by atoms with Crippen molar-refractivity contribution in [2.24, 2.45) is 5.92 Å². The Hall–Kier alpha value is -3.52. The molecule has 0 bridgehead atoms. The molecule has 0 fully saturated rings. The third kappa shape index (κ3) is 3.54. The summed E-state index contributed by atoms with van der Waals surface area (Å²) in [6, 6.07) is 18.4. The maximum atomic E-state index is 12.7. The molecule has 5 nitrogen and oxygen atoms in total. The fraction of sp³-hybridized carbons (Fsp3) is 0.100. The number of pyridine rings is 1. The van der Waals surface area contributed by atoms with Gasteiger partial charge in [0.05, 0.1) is 6.07 Å². The molecule has 1 amide bonds. The molecule has 3 rings (SSSR count). The predicted molar refractivity (Wildman–Crippen MR) is 93.5 cm³/mol. The van der Waals surface area contributed by atoms with E-state index in [9.17, 15) is 14.9 Å². The minimum Gasteiger partial charge on any atom is -0.350 e. The van der Waals surface area contributed by atoms with Gasteiger partial charge in [-0.15, -0.1) is 0 Å². The van der Waals surface area contributed by atoms with Crippen LogP contribution in [-0.2, 0) is 11.3 Å². The van der Waals surface area contributed by atoms with Gasteiger partial charge in [-0.2, -0.15) is 5.26 Å². The van der Waals surface area contributed by atoms with Crippen molar-refractivity contribution >= 4 is 22.5 Å². The van der Waals surface area contributed by atoms with Crippen LogP contribution in [0.1, 0.15) is 15.9 Å². The summed E-state index contributed by atoms with van der Waals surface area (Å²) >= 11 is 0. The van der Waals surface area contributed by atoms with Crippen molar-refractivity contribution < 1.29 is 9.59 Å². The Labute approximate surface area is 144 Å². The quantitative estimate of drug-likeness (QED) is 0.576. The van der Waals surface area contributed by atoms with Gasteiger partial charge in [-0.1, -0.05) is 54.6 Å². The van der Waals surface area contributed by atoms with Gasteiger partial charge < -0.3 is 5.32 Å². The molecule has 5 heteroatoms. The van der Waals surface area contributed by atoms with Crippen LogP contribution < -0.4 is 5.32 Å². The van der Waals surface area contributed by atoms with Gasteiger partial charge in [-0.25, -0.2) is 0 Å². The Balaban J connectivity index is 1.81. The number of nitrogens with one attached hydrogen (secondary N) is 1. The summed E-state index contributed by atoms with van der Waals surface area (Å²) in [4.78, 5) is 29.1. The highest BCUT2D eigenvalue weighted by Gasteiger charge is 2.28. The van der Waals surface area contributed by atoms with Crippen LogP contribution >= 0.6 is 0 Å². The fourth-order valence-electron chi connectivity index (χ4n) is 2.59. The van der Waals surface area contributed by atoms with E-state index in [0.717, 1.165) is 10.9 Å². The Bertz CT molecular complexity index is 956. The summed E-state index contributed by atoms with van der Waals surface area (Å²) in [6.45, 7) is 0.263. The van der Waals surface area contributed by atoms with E-state index in [0.29, 0.717) is 5.39 Å². The summed E-state index contributed by atoms with van der Waals surface area (Å²) in [5.41, 5.74) is 1.17. The lowest BCUT2D eigenvalue weighted by Crippen LogP contribution is -2.34. The van der Waals surface area contributed by atoms with Gasteiger partial charge in [0.2, 0.25) is 5.91 Å². The molecule has 1 heterocycles. The molecule has 0 aliphatic rings. The van der Waals surface area contributed by atoms with Gasteiger partial charge in [0.1, 0.15) is 0 Å². The van der Waals surface area contributed by atoms with Crippen LogP contribution in [0.2, 0.25) is 0 Å². The molecule has 0 aliphatic carbocycles. The highest BCUT2D eigenvalue weighted by atomic mass is 16.2. The van der Waals surface area contributed by atoms with Crippen LogP contribution in [-0.4, -0.2) is 16.7 Å². The number of benzene rings is 2. The largest absolute Gasteiger partial charge is 0.350 e. The summed E-state index contributed by atoms with van der Waals surface area (Å²) in [7, 11) is 0. The van der Waals surface area contributed by atoms with E-state index >= 15 is 0 Å². The van der Waals surface area contributed by atoms with Crippen molar-refractivity contribution in [3.05, 3.63) is 78.1 Å². The Kier molecular flexibility index (Phi) is 4.82. The van der Waals surface area contributed by atoms with Gasteiger partial charge in [0.15, 0.2) is 11.7 Å². The molecular formula is C20H15N3O2. The Morgan fingerprint density at radius 1 is 1.04 bits per heavy atom. The number of aromatic nitrogens is 1. The Morgan fingerprint density at radius 2 is 1.76 bits per heavy atom. The van der Waals surface area contributed by atoms with E-state index in [2.05, 4.69) is 10.3 Å². The van der Waals surface area contributed by atoms with Crippen molar-refractivity contribution in [1.29, 1.82) is 5.26 Å². The molecule has 0 saturated carbocycles. The van der Waals surface area contributed by atoms with Crippen molar-refractivity contribution in [3.63, 3.8) is 0 Å². The third-order valence-electron chi connectivity index (χ3n) is 3.90. The number of ketones is 1. The minimum absolute atomic E-state index is 0.263. The number of hydrogen-bond donors (Lipinski definition) is 1. The van der Waals surface area contributed by atoms with E-state index in [-0.39, 0.29) is 12.1 Å². The average molecular weight is 329 g/mol. The number of carbonyl (C=O) groups excluding carboxylic acids is 2. The normalized spacial score (nSPS) is 11.5. The summed E-state index contributed by atoms with van der Waals surface area (Å²) < 4.78 is 0. The van der Waals surface area contributed by atoms with E-state index in [1.54, 1.807) is 18.3 Å². The molecule has 0 saturated heterocycles. The van der Waals surface area contributed by atoms with E-state index in [4.69, 9.17) is 0 Å². The summed E-state index contributed by atoms with van der Waals surface area (Å²) in [5.74, 6) is -2.56. The molecule has 3 aromatic rings. The summed E-state index contributed by atoms with van der Waals surface area (Å²) in [6.07, 6.45) is 3.04. The highest BCUT2D eigenvalue weighted by Crippen LogP contribution is 2.20. The van der Waals surface area contributed by atoms with Gasteiger partial charge in [0.25, 0.3) is 0 Å². The number of carbonyl (C=O) groups is 2. The first-order valence-corrected chi connectivity index (χ1v) is 7.79. The smallest absolute Gasteiger partial charge is 0.245 e. The standard InChI is InChI=1S/C20H15N3O2/c21-10-17(20(25)23-11-14-6-2-1-3-7-14)19(24)18-13-22-12-15-8-4-5-9-16(15)18/h1-9,12-13,17H,11H2,(H,23,25)/t17-/m0/s1. The van der Waals surface area contributed by atoms with Crippen LogP contribution in [0.15, 0.2) is 67.0 Å². The van der Waals surface area contributed by atoms with Gasteiger partial charge in [-0.3, -0.25) is 14.6 Å². The van der Waals surface area contributed by atoms with Crippen molar-refractivity contribution in [2.75, 3.05) is 0 Å². The molecule has 0 aliphatic heterocycles. The molecule has 25 heavy (non-hydrogen) atoms. The fourth-order valence-corrected chi connectivity index (χ4v) is 2.59. The lowest BCUT2D eigenvalue weighted by atomic mass is 9.95. The molecule has 0 unspecified atom stereocenters. The second-order valence-electron chi connectivity index (χ2n) is 5.54. The number of nitriles is 1. The van der Waals surface area contributed by atoms with Crippen molar-refractivity contribution in [2.45, 2.75) is 6.54 Å². The topological polar surface area (TPSA) is 82.9 Å². The van der Waals surface area contributed by atoms with E-state index in [1.165, 1.54) is 6.20 Å². The zero-order valence-corrected chi connectivity index (χ0v) is 13.3. The average Bonchev–Trinajstić information content (AvgIpc) is 2.67. The lowest BCUT2D eigenvalue weighted by Gasteiger charge is -2.11. The third-order valence-corrected chi connectivity index (χ3v) is 3.90. The van der Waals surface area contributed by atoms with Gasteiger partial charge >= 0.3 is 0 Å². The predicted octanol–water partition coefficient (Wildman–Crippen LogP) is 2.87. The number of nitrogens with zero attached hydrogens (tertiary/aromatic N) is 2. The Morgan fingerprint density at radius 3 is 2.52 bits per heavy atom. The van der Waals surface area contributed by atoms with Gasteiger partial charge in [0, 0.05) is 29.9 Å². The SMILES string of the molecule is N#C[C@H](C(=O)NCc1ccccc1)C(=O)c1cncc2ccccc12. The van der Waals surface area contributed by atoms with Crippen LogP contribution in [0.3, 0.4) is 0 Å². The maximum Gasteiger partial charge on any atom is 0.245 e. The molecule has 1 N–H and O–H groups in total. The van der Waals surface area contributed by atoms with Crippen LogP contribution in [0, 0.1) is 17.2 Å². The van der Waals surface area contributed by atoms with Crippen molar-refractivity contribution in [3.8, 4) is 6.07 Å². The molecular weight excluding hydrogens is 314 g/mol. The first-order chi connectivity index (χ1) is 12.2. The monoisotopic (exact) mass is 329 g/mol. The summed E-state index contributed by atoms with van der Waals surface area (Å²) in [5, 5.41) is 13.5. The van der Waals surface area contributed by atoms with E-state index in [1.807, 2.05) is 48.5 Å². The van der Waals surface area contributed by atoms with Gasteiger partial charge in [-0.05, 0) is 10.9 Å². The molecule has 122 valence electrons. The number of Topliss-reactive ketones (excluding diaryl/α,β-unsaturated/α-hetero) is 1. The number of fused-ring (bicyclic) bond motifs is 1. The molecule has 0 radical (unpaired) electrons.